The van der Waals surface area contributed by atoms with Crippen molar-refractivity contribution in [2.75, 3.05) is 13.6 Å². The third-order valence-electron chi connectivity index (χ3n) is 3.30. The van der Waals surface area contributed by atoms with Gasteiger partial charge in [-0.25, -0.2) is 0 Å². The van der Waals surface area contributed by atoms with E-state index in [2.05, 4.69) is 37.1 Å². The van der Waals surface area contributed by atoms with Crippen LogP contribution in [-0.2, 0) is 13.6 Å². The predicted octanol–water partition coefficient (Wildman–Crippen LogP) is 1.23. The summed E-state index contributed by atoms with van der Waals surface area (Å²) in [5, 5.41) is 4.18. The summed E-state index contributed by atoms with van der Waals surface area (Å²) >= 11 is 0. The highest BCUT2D eigenvalue weighted by Crippen LogP contribution is 2.14. The number of hydrogen-bond acceptors (Lipinski definition) is 3. The first-order valence-electron chi connectivity index (χ1n) is 5.96. The van der Waals surface area contributed by atoms with Gasteiger partial charge in [-0.1, -0.05) is 20.3 Å². The Balaban J connectivity index is 2.58. The molecule has 0 spiro atoms. The van der Waals surface area contributed by atoms with Crippen molar-refractivity contribution in [2.24, 2.45) is 18.7 Å². The van der Waals surface area contributed by atoms with Gasteiger partial charge in [0.15, 0.2) is 0 Å². The van der Waals surface area contributed by atoms with Gasteiger partial charge in [-0.3, -0.25) is 9.58 Å². The molecule has 1 rings (SSSR count). The molecule has 2 unspecified atom stereocenters. The lowest BCUT2D eigenvalue weighted by Crippen LogP contribution is -2.41. The Morgan fingerprint density at radius 2 is 2.25 bits per heavy atom. The van der Waals surface area contributed by atoms with Crippen LogP contribution >= 0.6 is 0 Å². The molecule has 2 N–H and O–H groups in total. The summed E-state index contributed by atoms with van der Waals surface area (Å²) in [7, 11) is 4.08. The predicted molar refractivity (Wildman–Crippen MR) is 67.0 cm³/mol. The summed E-state index contributed by atoms with van der Waals surface area (Å²) < 4.78 is 1.84. The fraction of sp³-hybridized carbons (Fsp3) is 0.750. The van der Waals surface area contributed by atoms with E-state index in [1.807, 2.05) is 17.9 Å². The number of likely N-dealkylation sites (N-methyl/N-ethyl adjacent to an activating group) is 1. The molecule has 0 amide bonds. The Morgan fingerprint density at radius 3 is 2.69 bits per heavy atom. The van der Waals surface area contributed by atoms with Crippen molar-refractivity contribution in [2.45, 2.75) is 32.9 Å². The molecular weight excluding hydrogens is 200 g/mol. The molecule has 0 aliphatic carbocycles. The average molecular weight is 224 g/mol. The van der Waals surface area contributed by atoms with Crippen LogP contribution in [0.1, 0.15) is 25.8 Å². The van der Waals surface area contributed by atoms with E-state index in [1.54, 1.807) is 0 Å². The molecule has 0 aromatic carbocycles. The van der Waals surface area contributed by atoms with E-state index in [9.17, 15) is 0 Å². The first kappa shape index (κ1) is 13.2. The number of nitrogens with two attached hydrogens (primary N) is 1. The molecule has 0 aliphatic heterocycles. The Hall–Kier alpha value is -0.870. The maximum Gasteiger partial charge on any atom is 0.0534 e. The van der Waals surface area contributed by atoms with Gasteiger partial charge in [-0.2, -0.15) is 5.10 Å². The van der Waals surface area contributed by atoms with Crippen molar-refractivity contribution >= 4 is 0 Å². The first-order valence-corrected chi connectivity index (χ1v) is 5.96. The molecule has 1 aromatic heterocycles. The third kappa shape index (κ3) is 3.32. The zero-order valence-corrected chi connectivity index (χ0v) is 10.8. The normalized spacial score (nSPS) is 15.4. The quantitative estimate of drug-likeness (QED) is 0.790. The number of aryl methyl sites for hydroxylation is 1. The molecule has 0 saturated carbocycles. The fourth-order valence-corrected chi connectivity index (χ4v) is 2.08. The standard InChI is InChI=1S/C12H24N4/c1-5-10(2)12(6-13)15(3)8-11-7-14-16(4)9-11/h7,9-10,12H,5-6,8,13H2,1-4H3. The van der Waals surface area contributed by atoms with Gasteiger partial charge in [0, 0.05) is 37.9 Å². The Kier molecular flexibility index (Phi) is 4.96. The van der Waals surface area contributed by atoms with Crippen molar-refractivity contribution in [3.05, 3.63) is 18.0 Å². The summed E-state index contributed by atoms with van der Waals surface area (Å²) in [6.07, 6.45) is 5.14. The molecule has 0 bridgehead atoms. The summed E-state index contributed by atoms with van der Waals surface area (Å²) in [5.74, 6) is 0.631. The van der Waals surface area contributed by atoms with E-state index < -0.39 is 0 Å². The Labute approximate surface area is 98.4 Å². The number of hydrogen-bond donors (Lipinski definition) is 1. The molecule has 16 heavy (non-hydrogen) atoms. The fourth-order valence-electron chi connectivity index (χ4n) is 2.08. The van der Waals surface area contributed by atoms with Gasteiger partial charge < -0.3 is 5.73 Å². The van der Waals surface area contributed by atoms with Crippen LogP contribution in [0.15, 0.2) is 12.4 Å². The summed E-state index contributed by atoms with van der Waals surface area (Å²) in [5.41, 5.74) is 7.09. The minimum Gasteiger partial charge on any atom is -0.329 e. The Morgan fingerprint density at radius 1 is 1.56 bits per heavy atom. The molecule has 0 aliphatic rings. The topological polar surface area (TPSA) is 47.1 Å². The van der Waals surface area contributed by atoms with Crippen LogP contribution in [0.5, 0.6) is 0 Å². The molecule has 2 atom stereocenters. The van der Waals surface area contributed by atoms with Gasteiger partial charge in [0.2, 0.25) is 0 Å². The number of aromatic nitrogens is 2. The van der Waals surface area contributed by atoms with Gasteiger partial charge in [-0.15, -0.1) is 0 Å². The van der Waals surface area contributed by atoms with Gasteiger partial charge in [-0.05, 0) is 13.0 Å². The Bertz CT molecular complexity index is 308. The lowest BCUT2D eigenvalue weighted by molar-refractivity contribution is 0.178. The molecular formula is C12H24N4. The van der Waals surface area contributed by atoms with Crippen LogP contribution < -0.4 is 5.73 Å². The second-order valence-corrected chi connectivity index (χ2v) is 4.63. The van der Waals surface area contributed by atoms with Crippen LogP contribution in [0, 0.1) is 5.92 Å². The summed E-state index contributed by atoms with van der Waals surface area (Å²) in [6.45, 7) is 6.11. The van der Waals surface area contributed by atoms with Gasteiger partial charge >= 0.3 is 0 Å². The molecule has 4 heteroatoms. The van der Waals surface area contributed by atoms with Crippen molar-refractivity contribution in [1.29, 1.82) is 0 Å². The number of nitrogens with zero attached hydrogens (tertiary/aromatic N) is 3. The van der Waals surface area contributed by atoms with Crippen LogP contribution in [0.2, 0.25) is 0 Å². The molecule has 0 radical (unpaired) electrons. The van der Waals surface area contributed by atoms with E-state index in [0.29, 0.717) is 18.5 Å². The van der Waals surface area contributed by atoms with Crippen LogP contribution in [0.4, 0.5) is 0 Å². The van der Waals surface area contributed by atoms with Gasteiger partial charge in [0.1, 0.15) is 0 Å². The van der Waals surface area contributed by atoms with Crippen LogP contribution in [0.25, 0.3) is 0 Å². The smallest absolute Gasteiger partial charge is 0.0534 e. The van der Waals surface area contributed by atoms with Crippen molar-refractivity contribution in [1.82, 2.24) is 14.7 Å². The first-order chi connectivity index (χ1) is 7.58. The largest absolute Gasteiger partial charge is 0.329 e. The highest BCUT2D eigenvalue weighted by atomic mass is 15.2. The maximum absolute atomic E-state index is 5.85. The zero-order chi connectivity index (χ0) is 12.1. The highest BCUT2D eigenvalue weighted by molar-refractivity contribution is 5.03. The molecule has 0 saturated heterocycles. The van der Waals surface area contributed by atoms with E-state index in [0.717, 1.165) is 6.54 Å². The average Bonchev–Trinajstić information content (AvgIpc) is 2.64. The number of rotatable bonds is 6. The van der Waals surface area contributed by atoms with Crippen molar-refractivity contribution in [3.8, 4) is 0 Å². The SMILES string of the molecule is CCC(C)C(CN)N(C)Cc1cnn(C)c1. The molecule has 1 heterocycles. The minimum absolute atomic E-state index is 0.449. The third-order valence-corrected chi connectivity index (χ3v) is 3.30. The van der Waals surface area contributed by atoms with E-state index in [-0.39, 0.29) is 0 Å². The second kappa shape index (κ2) is 6.01. The minimum atomic E-state index is 0.449. The molecule has 1 aromatic rings. The van der Waals surface area contributed by atoms with E-state index in [4.69, 9.17) is 5.73 Å². The van der Waals surface area contributed by atoms with E-state index in [1.165, 1.54) is 12.0 Å². The molecule has 0 fully saturated rings. The zero-order valence-electron chi connectivity index (χ0n) is 10.8. The molecule has 92 valence electrons. The summed E-state index contributed by atoms with van der Waals surface area (Å²) in [4.78, 5) is 2.32. The van der Waals surface area contributed by atoms with Gasteiger partial charge in [0.05, 0.1) is 6.20 Å². The van der Waals surface area contributed by atoms with E-state index >= 15 is 0 Å². The monoisotopic (exact) mass is 224 g/mol. The van der Waals surface area contributed by atoms with Gasteiger partial charge in [0.25, 0.3) is 0 Å². The molecule has 4 nitrogen and oxygen atoms in total. The highest BCUT2D eigenvalue weighted by Gasteiger charge is 2.19. The maximum atomic E-state index is 5.85. The second-order valence-electron chi connectivity index (χ2n) is 4.63. The van der Waals surface area contributed by atoms with Crippen LogP contribution in [-0.4, -0.2) is 34.3 Å². The van der Waals surface area contributed by atoms with Crippen molar-refractivity contribution < 1.29 is 0 Å². The van der Waals surface area contributed by atoms with Crippen molar-refractivity contribution in [3.63, 3.8) is 0 Å². The summed E-state index contributed by atoms with van der Waals surface area (Å²) in [6, 6.07) is 0.449. The lowest BCUT2D eigenvalue weighted by Gasteiger charge is -2.31. The lowest BCUT2D eigenvalue weighted by atomic mass is 9.98. The van der Waals surface area contributed by atoms with Crippen LogP contribution in [0.3, 0.4) is 0 Å².